The van der Waals surface area contributed by atoms with Gasteiger partial charge in [0.15, 0.2) is 0 Å². The normalized spacial score (nSPS) is 55.2. The van der Waals surface area contributed by atoms with Gasteiger partial charge in [0.2, 0.25) is 0 Å². The van der Waals surface area contributed by atoms with Gasteiger partial charge < -0.3 is 10.2 Å². The lowest BCUT2D eigenvalue weighted by Gasteiger charge is -2.61. The molecule has 9 atom stereocenters. The van der Waals surface area contributed by atoms with Crippen molar-refractivity contribution in [3.63, 3.8) is 0 Å². The van der Waals surface area contributed by atoms with Crippen LogP contribution in [0.25, 0.3) is 0 Å². The maximum Gasteiger partial charge on any atom is 0.0724 e. The molecule has 4 aliphatic carbocycles. The second kappa shape index (κ2) is 5.58. The van der Waals surface area contributed by atoms with E-state index in [2.05, 4.69) is 26.8 Å². The van der Waals surface area contributed by atoms with Crippen LogP contribution in [0.1, 0.15) is 72.6 Å². The highest BCUT2D eigenvalue weighted by Crippen LogP contribution is 2.68. The van der Waals surface area contributed by atoms with E-state index in [0.717, 1.165) is 36.5 Å². The Morgan fingerprint density at radius 1 is 1.17 bits per heavy atom. The van der Waals surface area contributed by atoms with Gasteiger partial charge in [-0.3, -0.25) is 0 Å². The Bertz CT molecular complexity index is 538. The number of rotatable bonds is 1. The minimum absolute atomic E-state index is 0.164. The lowest BCUT2D eigenvalue weighted by molar-refractivity contribution is -0.102. The number of hydrogen-bond acceptors (Lipinski definition) is 2. The zero-order valence-corrected chi connectivity index (χ0v) is 16.0. The molecule has 0 bridgehead atoms. The number of hydrogen-bond donors (Lipinski definition) is 2. The maximum atomic E-state index is 10.4. The Morgan fingerprint density at radius 3 is 2.62 bits per heavy atom. The summed E-state index contributed by atoms with van der Waals surface area (Å²) >= 11 is 0. The van der Waals surface area contributed by atoms with E-state index in [1.807, 2.05) is 6.92 Å². The fourth-order valence-corrected chi connectivity index (χ4v) is 8.25. The molecule has 0 radical (unpaired) electrons. The molecule has 2 heteroatoms. The summed E-state index contributed by atoms with van der Waals surface area (Å²) in [7, 11) is 0. The van der Waals surface area contributed by atoms with Gasteiger partial charge in [0.05, 0.1) is 12.2 Å². The molecule has 0 aromatic rings. The fourth-order valence-electron chi connectivity index (χ4n) is 8.25. The third-order valence-corrected chi connectivity index (χ3v) is 8.99. The van der Waals surface area contributed by atoms with E-state index < -0.39 is 0 Å². The highest BCUT2D eigenvalue weighted by atomic mass is 16.3. The van der Waals surface area contributed by atoms with Crippen LogP contribution in [-0.4, -0.2) is 22.4 Å². The molecule has 4 rings (SSSR count). The molecule has 4 aliphatic rings. The van der Waals surface area contributed by atoms with E-state index in [4.69, 9.17) is 0 Å². The summed E-state index contributed by atoms with van der Waals surface area (Å²) in [4.78, 5) is 0. The number of fused-ring (bicyclic) bond motifs is 5. The minimum Gasteiger partial charge on any atom is -0.393 e. The van der Waals surface area contributed by atoms with E-state index >= 15 is 0 Å². The highest BCUT2D eigenvalue weighted by Gasteiger charge is 2.61. The quantitative estimate of drug-likeness (QED) is 0.691. The summed E-state index contributed by atoms with van der Waals surface area (Å²) in [6, 6.07) is 0. The molecule has 2 nitrogen and oxygen atoms in total. The molecule has 136 valence electrons. The summed E-state index contributed by atoms with van der Waals surface area (Å²) in [6.45, 7) is 9.49. The average Bonchev–Trinajstić information content (AvgIpc) is 2.84. The molecule has 8 unspecified atom stereocenters. The van der Waals surface area contributed by atoms with Gasteiger partial charge >= 0.3 is 0 Å². The first-order valence-electron chi connectivity index (χ1n) is 10.3. The first-order valence-corrected chi connectivity index (χ1v) is 10.3. The molecule has 3 saturated carbocycles. The Labute approximate surface area is 147 Å². The molecular formula is C22H36O2. The first kappa shape index (κ1) is 17.1. The lowest BCUT2D eigenvalue weighted by atomic mass is 9.44. The summed E-state index contributed by atoms with van der Waals surface area (Å²) in [5.74, 6) is 3.60. The van der Waals surface area contributed by atoms with Crippen molar-refractivity contribution in [3.05, 3.63) is 11.6 Å². The molecule has 0 aromatic heterocycles. The van der Waals surface area contributed by atoms with Crippen molar-refractivity contribution in [1.82, 2.24) is 0 Å². The molecule has 0 amide bonds. The smallest absolute Gasteiger partial charge is 0.0724 e. The van der Waals surface area contributed by atoms with Gasteiger partial charge in [-0.2, -0.15) is 0 Å². The van der Waals surface area contributed by atoms with Crippen molar-refractivity contribution in [2.45, 2.75) is 84.8 Å². The SMILES string of the molecule is CC(O)C1CCC2C3CCC4=CC(O)CCC4(C)C3[C@H](C)CC12C. The Balaban J connectivity index is 1.70. The van der Waals surface area contributed by atoms with Crippen molar-refractivity contribution < 1.29 is 10.2 Å². The third kappa shape index (κ3) is 2.21. The molecule has 0 spiro atoms. The van der Waals surface area contributed by atoms with Crippen molar-refractivity contribution in [2.24, 2.45) is 40.4 Å². The van der Waals surface area contributed by atoms with E-state index in [9.17, 15) is 10.2 Å². The van der Waals surface area contributed by atoms with Crippen molar-refractivity contribution in [1.29, 1.82) is 0 Å². The lowest BCUT2D eigenvalue weighted by Crippen LogP contribution is -2.54. The topological polar surface area (TPSA) is 40.5 Å². The molecule has 24 heavy (non-hydrogen) atoms. The van der Waals surface area contributed by atoms with Gasteiger partial charge in [-0.15, -0.1) is 0 Å². The molecule has 0 saturated heterocycles. The number of allylic oxidation sites excluding steroid dienone is 1. The zero-order chi connectivity index (χ0) is 17.3. The van der Waals surface area contributed by atoms with Crippen LogP contribution in [0.2, 0.25) is 0 Å². The van der Waals surface area contributed by atoms with Crippen LogP contribution >= 0.6 is 0 Å². The fraction of sp³-hybridized carbons (Fsp3) is 0.909. The molecule has 0 aliphatic heterocycles. The standard InChI is InChI=1S/C22H36O2/c1-13-12-22(4)18(14(2)23)7-8-19(22)17-6-5-15-11-16(24)9-10-21(15,3)20(13)17/h11,13-14,16-20,23-24H,5-10,12H2,1-4H3/t13-,14?,16?,17?,18?,19?,20?,21?,22?/m1/s1. The second-order valence-corrected chi connectivity index (χ2v) is 10.2. The molecule has 2 N–H and O–H groups in total. The predicted octanol–water partition coefficient (Wildman–Crippen LogP) is 4.55. The summed E-state index contributed by atoms with van der Waals surface area (Å²) < 4.78 is 0. The van der Waals surface area contributed by atoms with Crippen LogP contribution in [0.3, 0.4) is 0 Å². The van der Waals surface area contributed by atoms with Gasteiger partial charge in [0.25, 0.3) is 0 Å². The van der Waals surface area contributed by atoms with Gasteiger partial charge in [-0.05, 0) is 92.3 Å². The minimum atomic E-state index is -0.208. The average molecular weight is 333 g/mol. The van der Waals surface area contributed by atoms with E-state index in [-0.39, 0.29) is 12.2 Å². The van der Waals surface area contributed by atoms with Crippen LogP contribution in [0.5, 0.6) is 0 Å². The van der Waals surface area contributed by atoms with E-state index in [0.29, 0.717) is 16.7 Å². The first-order chi connectivity index (χ1) is 11.3. The van der Waals surface area contributed by atoms with Crippen molar-refractivity contribution >= 4 is 0 Å². The summed E-state index contributed by atoms with van der Waals surface area (Å²) in [5, 5.41) is 20.5. The second-order valence-electron chi connectivity index (χ2n) is 10.2. The largest absolute Gasteiger partial charge is 0.393 e. The van der Waals surface area contributed by atoms with Gasteiger partial charge in [-0.1, -0.05) is 32.4 Å². The van der Waals surface area contributed by atoms with Gasteiger partial charge in [0, 0.05) is 0 Å². The Kier molecular flexibility index (Phi) is 3.97. The van der Waals surface area contributed by atoms with Crippen molar-refractivity contribution in [3.8, 4) is 0 Å². The van der Waals surface area contributed by atoms with Crippen molar-refractivity contribution in [2.75, 3.05) is 0 Å². The van der Waals surface area contributed by atoms with E-state index in [1.165, 1.54) is 32.1 Å². The molecule has 0 aromatic carbocycles. The summed E-state index contributed by atoms with van der Waals surface area (Å²) in [6.07, 6.45) is 10.2. The van der Waals surface area contributed by atoms with Gasteiger partial charge in [0.1, 0.15) is 0 Å². The van der Waals surface area contributed by atoms with E-state index in [1.54, 1.807) is 5.57 Å². The summed E-state index contributed by atoms with van der Waals surface area (Å²) in [5.41, 5.74) is 2.20. The zero-order valence-electron chi connectivity index (χ0n) is 16.0. The molecule has 0 heterocycles. The predicted molar refractivity (Wildman–Crippen MR) is 97.4 cm³/mol. The Morgan fingerprint density at radius 2 is 1.92 bits per heavy atom. The third-order valence-electron chi connectivity index (χ3n) is 8.99. The molecular weight excluding hydrogens is 296 g/mol. The number of aliphatic hydroxyl groups is 2. The van der Waals surface area contributed by atoms with Crippen LogP contribution in [0, 0.1) is 40.4 Å². The Hall–Kier alpha value is -0.340. The maximum absolute atomic E-state index is 10.4. The van der Waals surface area contributed by atoms with Crippen LogP contribution in [-0.2, 0) is 0 Å². The highest BCUT2D eigenvalue weighted by molar-refractivity contribution is 5.26. The monoisotopic (exact) mass is 332 g/mol. The van der Waals surface area contributed by atoms with Crippen LogP contribution < -0.4 is 0 Å². The van der Waals surface area contributed by atoms with Crippen LogP contribution in [0.15, 0.2) is 11.6 Å². The number of aliphatic hydroxyl groups excluding tert-OH is 2. The van der Waals surface area contributed by atoms with Crippen LogP contribution in [0.4, 0.5) is 0 Å². The molecule has 3 fully saturated rings. The van der Waals surface area contributed by atoms with Gasteiger partial charge in [-0.25, -0.2) is 0 Å².